The largest absolute Gasteiger partial charge is 0.366 e. The summed E-state index contributed by atoms with van der Waals surface area (Å²) >= 11 is 0. The Morgan fingerprint density at radius 2 is 2.27 bits per heavy atom. The zero-order valence-corrected chi connectivity index (χ0v) is 10.3. The van der Waals surface area contributed by atoms with E-state index in [4.69, 9.17) is 4.74 Å². The first kappa shape index (κ1) is 12.9. The fraction of sp³-hybridized carbons (Fsp3) is 1.00. The van der Waals surface area contributed by atoms with Gasteiger partial charge >= 0.3 is 0 Å². The van der Waals surface area contributed by atoms with Gasteiger partial charge in [0.05, 0.1) is 6.73 Å². The number of rotatable bonds is 7. The topological polar surface area (TPSA) is 24.5 Å². The van der Waals surface area contributed by atoms with Gasteiger partial charge in [-0.05, 0) is 45.2 Å². The van der Waals surface area contributed by atoms with Gasteiger partial charge in [-0.25, -0.2) is 0 Å². The number of ether oxygens (including phenoxy) is 1. The van der Waals surface area contributed by atoms with E-state index in [1.54, 1.807) is 0 Å². The van der Waals surface area contributed by atoms with Gasteiger partial charge in [0.1, 0.15) is 0 Å². The van der Waals surface area contributed by atoms with E-state index in [-0.39, 0.29) is 0 Å². The second-order valence-electron chi connectivity index (χ2n) is 4.41. The van der Waals surface area contributed by atoms with Crippen molar-refractivity contribution >= 4 is 0 Å². The van der Waals surface area contributed by atoms with E-state index in [9.17, 15) is 0 Å². The van der Waals surface area contributed by atoms with Gasteiger partial charge in [-0.1, -0.05) is 6.92 Å². The highest BCUT2D eigenvalue weighted by Gasteiger charge is 2.18. The van der Waals surface area contributed by atoms with E-state index >= 15 is 0 Å². The molecule has 1 atom stereocenters. The van der Waals surface area contributed by atoms with Gasteiger partial charge in [-0.2, -0.15) is 0 Å². The van der Waals surface area contributed by atoms with E-state index < -0.39 is 0 Å². The molecule has 0 aromatic rings. The standard InChI is InChI=1S/C12H26N2O/c1-3-7-13-9-12-6-5-8-14(10-12)11-15-4-2/h12-13H,3-11H2,1-2H3. The molecule has 1 aliphatic rings. The van der Waals surface area contributed by atoms with Gasteiger partial charge in [-0.3, -0.25) is 4.90 Å². The van der Waals surface area contributed by atoms with Crippen LogP contribution in [-0.4, -0.2) is 44.4 Å². The molecule has 90 valence electrons. The van der Waals surface area contributed by atoms with Crippen molar-refractivity contribution in [2.75, 3.05) is 39.5 Å². The van der Waals surface area contributed by atoms with E-state index in [0.29, 0.717) is 0 Å². The maximum absolute atomic E-state index is 5.45. The van der Waals surface area contributed by atoms with Crippen molar-refractivity contribution in [2.24, 2.45) is 5.92 Å². The summed E-state index contributed by atoms with van der Waals surface area (Å²) in [5.41, 5.74) is 0. The van der Waals surface area contributed by atoms with Crippen molar-refractivity contribution in [3.63, 3.8) is 0 Å². The van der Waals surface area contributed by atoms with Crippen LogP contribution in [0.4, 0.5) is 0 Å². The summed E-state index contributed by atoms with van der Waals surface area (Å²) in [6.07, 6.45) is 3.93. The lowest BCUT2D eigenvalue weighted by Gasteiger charge is -2.32. The van der Waals surface area contributed by atoms with Crippen LogP contribution in [-0.2, 0) is 4.74 Å². The molecule has 15 heavy (non-hydrogen) atoms. The average Bonchev–Trinajstić information content (AvgIpc) is 2.27. The van der Waals surface area contributed by atoms with E-state index in [1.165, 1.54) is 38.9 Å². The molecule has 0 saturated carbocycles. The highest BCUT2D eigenvalue weighted by molar-refractivity contribution is 4.73. The van der Waals surface area contributed by atoms with Gasteiger partial charge in [-0.15, -0.1) is 0 Å². The summed E-state index contributed by atoms with van der Waals surface area (Å²) in [5, 5.41) is 3.51. The number of nitrogens with zero attached hydrogens (tertiary/aromatic N) is 1. The first-order valence-electron chi connectivity index (χ1n) is 6.37. The van der Waals surface area contributed by atoms with Crippen molar-refractivity contribution < 1.29 is 4.74 Å². The summed E-state index contributed by atoms with van der Waals surface area (Å²) in [6.45, 7) is 10.7. The molecule has 1 saturated heterocycles. The number of hydrogen-bond acceptors (Lipinski definition) is 3. The Bertz CT molecular complexity index is 153. The third kappa shape index (κ3) is 5.50. The molecule has 3 nitrogen and oxygen atoms in total. The molecule has 0 bridgehead atoms. The molecular weight excluding hydrogens is 188 g/mol. The van der Waals surface area contributed by atoms with Crippen LogP contribution < -0.4 is 5.32 Å². The number of likely N-dealkylation sites (tertiary alicyclic amines) is 1. The second-order valence-corrected chi connectivity index (χ2v) is 4.41. The van der Waals surface area contributed by atoms with Crippen molar-refractivity contribution in [1.82, 2.24) is 10.2 Å². The Balaban J connectivity index is 2.11. The summed E-state index contributed by atoms with van der Waals surface area (Å²) in [6, 6.07) is 0. The molecule has 0 spiro atoms. The lowest BCUT2D eigenvalue weighted by atomic mass is 9.98. The Hall–Kier alpha value is -0.120. The molecule has 3 heteroatoms. The molecule has 1 aliphatic heterocycles. The Labute approximate surface area is 94.2 Å². The third-order valence-corrected chi connectivity index (χ3v) is 2.94. The van der Waals surface area contributed by atoms with Crippen LogP contribution in [0, 0.1) is 5.92 Å². The van der Waals surface area contributed by atoms with Gasteiger partial charge < -0.3 is 10.1 Å². The van der Waals surface area contributed by atoms with Gasteiger partial charge in [0.2, 0.25) is 0 Å². The SMILES string of the molecule is CCCNCC1CCCN(COCC)C1. The predicted molar refractivity (Wildman–Crippen MR) is 64.0 cm³/mol. The third-order valence-electron chi connectivity index (χ3n) is 2.94. The van der Waals surface area contributed by atoms with Crippen LogP contribution in [0.1, 0.15) is 33.1 Å². The van der Waals surface area contributed by atoms with E-state index in [2.05, 4.69) is 24.1 Å². The van der Waals surface area contributed by atoms with Crippen molar-refractivity contribution in [3.8, 4) is 0 Å². The molecule has 0 radical (unpaired) electrons. The van der Waals surface area contributed by atoms with Crippen molar-refractivity contribution in [2.45, 2.75) is 33.1 Å². The van der Waals surface area contributed by atoms with Crippen LogP contribution in [0.3, 0.4) is 0 Å². The molecule has 1 fully saturated rings. The normalized spacial score (nSPS) is 23.2. The Morgan fingerprint density at radius 3 is 3.00 bits per heavy atom. The van der Waals surface area contributed by atoms with Crippen LogP contribution in [0.25, 0.3) is 0 Å². The molecule has 1 rings (SSSR count). The maximum atomic E-state index is 5.45. The first-order valence-corrected chi connectivity index (χ1v) is 6.37. The van der Waals surface area contributed by atoms with E-state index in [1.807, 2.05) is 0 Å². The lowest BCUT2D eigenvalue weighted by Crippen LogP contribution is -2.40. The summed E-state index contributed by atoms with van der Waals surface area (Å²) in [7, 11) is 0. The van der Waals surface area contributed by atoms with Crippen LogP contribution >= 0.6 is 0 Å². The average molecular weight is 214 g/mol. The van der Waals surface area contributed by atoms with Gasteiger partial charge in [0.25, 0.3) is 0 Å². The monoisotopic (exact) mass is 214 g/mol. The molecule has 0 amide bonds. The van der Waals surface area contributed by atoms with Crippen molar-refractivity contribution in [1.29, 1.82) is 0 Å². The molecule has 0 aromatic carbocycles. The Morgan fingerprint density at radius 1 is 1.40 bits per heavy atom. The number of hydrogen-bond donors (Lipinski definition) is 1. The molecular formula is C12H26N2O. The van der Waals surface area contributed by atoms with Gasteiger partial charge in [0, 0.05) is 19.7 Å². The molecule has 1 heterocycles. The molecule has 0 aromatic heterocycles. The summed E-state index contributed by atoms with van der Waals surface area (Å²) in [5.74, 6) is 0.825. The van der Waals surface area contributed by atoms with E-state index in [0.717, 1.165) is 25.8 Å². The zero-order chi connectivity index (χ0) is 10.9. The smallest absolute Gasteiger partial charge is 0.0990 e. The highest BCUT2D eigenvalue weighted by atomic mass is 16.5. The van der Waals surface area contributed by atoms with Crippen LogP contribution in [0.2, 0.25) is 0 Å². The maximum Gasteiger partial charge on any atom is 0.0990 e. The number of nitrogens with one attached hydrogen (secondary N) is 1. The van der Waals surface area contributed by atoms with Crippen LogP contribution in [0.5, 0.6) is 0 Å². The highest BCUT2D eigenvalue weighted by Crippen LogP contribution is 2.15. The minimum atomic E-state index is 0.820. The van der Waals surface area contributed by atoms with Crippen LogP contribution in [0.15, 0.2) is 0 Å². The second kappa shape index (κ2) is 8.08. The van der Waals surface area contributed by atoms with Crippen molar-refractivity contribution in [3.05, 3.63) is 0 Å². The molecule has 1 unspecified atom stereocenters. The molecule has 0 aliphatic carbocycles. The summed E-state index contributed by atoms with van der Waals surface area (Å²) < 4.78 is 5.45. The lowest BCUT2D eigenvalue weighted by molar-refractivity contribution is 0.0123. The summed E-state index contributed by atoms with van der Waals surface area (Å²) in [4.78, 5) is 2.44. The zero-order valence-electron chi connectivity index (χ0n) is 10.3. The molecule has 1 N–H and O–H groups in total. The fourth-order valence-electron chi connectivity index (χ4n) is 2.14. The predicted octanol–water partition coefficient (Wildman–Crippen LogP) is 1.69. The Kier molecular flexibility index (Phi) is 6.98. The first-order chi connectivity index (χ1) is 7.36. The minimum Gasteiger partial charge on any atom is -0.366 e. The number of piperidine rings is 1. The fourth-order valence-corrected chi connectivity index (χ4v) is 2.14. The minimum absolute atomic E-state index is 0.820. The van der Waals surface area contributed by atoms with Gasteiger partial charge in [0.15, 0.2) is 0 Å². The quantitative estimate of drug-likeness (QED) is 0.653.